The van der Waals surface area contributed by atoms with E-state index in [1.807, 2.05) is 19.5 Å². The van der Waals surface area contributed by atoms with Gasteiger partial charge in [-0.2, -0.15) is 0 Å². The Morgan fingerprint density at radius 2 is 2.03 bits per heavy atom. The van der Waals surface area contributed by atoms with Gasteiger partial charge in [0.25, 0.3) is 5.56 Å². The molecule has 0 amide bonds. The summed E-state index contributed by atoms with van der Waals surface area (Å²) in [6.07, 6.45) is -0.0213. The van der Waals surface area contributed by atoms with Gasteiger partial charge in [0.05, 0.1) is 20.2 Å². The molecule has 2 aromatic rings. The highest BCUT2D eigenvalue weighted by molar-refractivity contribution is 6.81. The Labute approximate surface area is 198 Å². The molecular weight excluding hydrogens is 461 g/mol. The molecule has 0 aromatic carbocycles. The van der Waals surface area contributed by atoms with Crippen LogP contribution in [0.5, 0.6) is 0 Å². The van der Waals surface area contributed by atoms with Crippen LogP contribution in [0.1, 0.15) is 36.0 Å². The van der Waals surface area contributed by atoms with Crippen LogP contribution in [0.15, 0.2) is 46.0 Å². The Morgan fingerprint density at radius 3 is 2.62 bits per heavy atom. The molecular formula is C23H33FN3O6Si+. The number of halogens is 1. The van der Waals surface area contributed by atoms with Crippen molar-refractivity contribution in [2.45, 2.75) is 58.1 Å². The van der Waals surface area contributed by atoms with Crippen LogP contribution in [0.25, 0.3) is 6.08 Å². The van der Waals surface area contributed by atoms with Crippen molar-refractivity contribution in [1.29, 1.82) is 0 Å². The van der Waals surface area contributed by atoms with Crippen molar-refractivity contribution in [2.75, 3.05) is 6.61 Å². The Balaban J connectivity index is 0.00000199. The molecule has 11 heteroatoms. The van der Waals surface area contributed by atoms with Crippen LogP contribution in [-0.2, 0) is 16.5 Å². The van der Waals surface area contributed by atoms with E-state index in [-0.39, 0.29) is 11.1 Å². The van der Waals surface area contributed by atoms with Gasteiger partial charge in [0, 0.05) is 12.3 Å². The number of carbonyl (C=O) groups excluding carboxylic acids is 1. The largest absolute Gasteiger partial charge is 0.452 e. The number of rotatable bonds is 6. The summed E-state index contributed by atoms with van der Waals surface area (Å²) < 4.78 is 28.7. The molecule has 0 saturated carbocycles. The predicted molar refractivity (Wildman–Crippen MR) is 128 cm³/mol. The summed E-state index contributed by atoms with van der Waals surface area (Å²) in [4.78, 5) is 39.2. The summed E-state index contributed by atoms with van der Waals surface area (Å²) in [5.74, 6) is -0.788. The number of alkyl halides is 1. The molecule has 1 aliphatic heterocycles. The van der Waals surface area contributed by atoms with Gasteiger partial charge in [0.2, 0.25) is 0 Å². The van der Waals surface area contributed by atoms with E-state index in [0.717, 1.165) is 4.57 Å². The molecule has 0 aliphatic carbocycles. The first kappa shape index (κ1) is 27.4. The summed E-state index contributed by atoms with van der Waals surface area (Å²) in [7, 11) is 0.0793. The Hall–Kier alpha value is -2.89. The Morgan fingerprint density at radius 1 is 1.35 bits per heavy atom. The molecule has 2 N–H and O–H groups in total. The first-order valence-corrected chi connectivity index (χ1v) is 14.7. The second kappa shape index (κ2) is 11.5. The van der Waals surface area contributed by atoms with Gasteiger partial charge < -0.3 is 14.6 Å². The monoisotopic (exact) mass is 494 g/mol. The van der Waals surface area contributed by atoms with E-state index in [1.54, 1.807) is 30.0 Å². The minimum Gasteiger partial charge on any atom is -0.452 e. The standard InChI is InChI=1S/C21H26FN3O6Si.C2H6/c1-24-8-5-6-14(10-24)20(28)31-17-15(12-26)30-19(16(17)22)25-11-13(7-9-32(2,3)4)18(27)23-21(25)29;1-2/h5-11,15-17,19,26H,12H2,1-4H3;1-2H3/p+1/b9-7+;. The number of nitrogens with one attached hydrogen (secondary N) is 1. The van der Waals surface area contributed by atoms with Crippen molar-refractivity contribution in [3.8, 4) is 0 Å². The van der Waals surface area contributed by atoms with Crippen molar-refractivity contribution < 1.29 is 28.3 Å². The van der Waals surface area contributed by atoms with Crippen LogP contribution < -0.4 is 15.8 Å². The number of aromatic nitrogens is 3. The molecule has 1 aliphatic rings. The number of hydrogen-bond donors (Lipinski definition) is 2. The number of aryl methyl sites for hydroxylation is 1. The van der Waals surface area contributed by atoms with Gasteiger partial charge in [-0.15, -0.1) is 0 Å². The van der Waals surface area contributed by atoms with Crippen LogP contribution in [0, 0.1) is 0 Å². The highest BCUT2D eigenvalue weighted by atomic mass is 28.3. The minimum absolute atomic E-state index is 0.167. The number of pyridine rings is 1. The molecule has 0 bridgehead atoms. The third-order valence-corrected chi connectivity index (χ3v) is 6.06. The lowest BCUT2D eigenvalue weighted by Crippen LogP contribution is -2.38. The molecule has 2 aromatic heterocycles. The lowest BCUT2D eigenvalue weighted by molar-refractivity contribution is -0.671. The number of nitrogens with zero attached hydrogens (tertiary/aromatic N) is 2. The van der Waals surface area contributed by atoms with E-state index in [0.29, 0.717) is 0 Å². The summed E-state index contributed by atoms with van der Waals surface area (Å²) in [5.41, 5.74) is 0.803. The van der Waals surface area contributed by atoms with Crippen molar-refractivity contribution in [1.82, 2.24) is 9.55 Å². The zero-order valence-electron chi connectivity index (χ0n) is 20.3. The average molecular weight is 495 g/mol. The van der Waals surface area contributed by atoms with Gasteiger partial charge in [0.15, 0.2) is 30.9 Å². The highest BCUT2D eigenvalue weighted by Gasteiger charge is 2.49. The zero-order valence-corrected chi connectivity index (χ0v) is 21.3. The van der Waals surface area contributed by atoms with Crippen LogP contribution >= 0.6 is 0 Å². The molecule has 34 heavy (non-hydrogen) atoms. The molecule has 1 saturated heterocycles. The van der Waals surface area contributed by atoms with Gasteiger partial charge in [-0.05, 0) is 6.07 Å². The number of hydrogen-bond acceptors (Lipinski definition) is 6. The first-order chi connectivity index (χ1) is 16.0. The Bertz CT molecular complexity index is 1140. The van der Waals surface area contributed by atoms with Gasteiger partial charge in [-0.1, -0.05) is 45.3 Å². The summed E-state index contributed by atoms with van der Waals surface area (Å²) in [6, 6.07) is 3.15. The number of esters is 1. The summed E-state index contributed by atoms with van der Waals surface area (Å²) >= 11 is 0. The second-order valence-corrected chi connectivity index (χ2v) is 13.8. The molecule has 0 spiro atoms. The Kier molecular flexibility index (Phi) is 9.25. The third kappa shape index (κ3) is 6.58. The van der Waals surface area contributed by atoms with Crippen molar-refractivity contribution in [3.05, 3.63) is 68.4 Å². The van der Waals surface area contributed by atoms with E-state index < -0.39 is 56.5 Å². The van der Waals surface area contributed by atoms with E-state index in [2.05, 4.69) is 24.6 Å². The lowest BCUT2D eigenvalue weighted by Gasteiger charge is -2.18. The normalized spacial score (nSPS) is 22.4. The number of aliphatic hydroxyl groups is 1. The fourth-order valence-electron chi connectivity index (χ4n) is 3.25. The number of aromatic amines is 1. The maximum Gasteiger partial charge on any atom is 0.344 e. The van der Waals surface area contributed by atoms with Crippen LogP contribution in [0.2, 0.25) is 19.6 Å². The highest BCUT2D eigenvalue weighted by Crippen LogP contribution is 2.33. The SMILES string of the molecule is CC.C[n+]1cccc(C(=O)OC2C(CO)OC(n3cc(/C=C/[Si](C)(C)C)c(=O)[nH]c3=O)C2F)c1. The van der Waals surface area contributed by atoms with Crippen molar-refractivity contribution in [2.24, 2.45) is 7.05 Å². The number of ether oxygens (including phenoxy) is 2. The number of H-pyrrole nitrogens is 1. The quantitative estimate of drug-likeness (QED) is 0.359. The molecule has 3 rings (SSSR count). The third-order valence-electron chi connectivity index (χ3n) is 4.90. The van der Waals surface area contributed by atoms with Gasteiger partial charge in [-0.25, -0.2) is 18.5 Å². The maximum atomic E-state index is 15.3. The van der Waals surface area contributed by atoms with Crippen LogP contribution in [0.4, 0.5) is 4.39 Å². The first-order valence-electron chi connectivity index (χ1n) is 11.1. The number of aliphatic hydroxyl groups excluding tert-OH is 1. The topological polar surface area (TPSA) is 114 Å². The molecule has 4 unspecified atom stereocenters. The minimum atomic E-state index is -1.95. The van der Waals surface area contributed by atoms with Crippen LogP contribution in [-0.4, -0.2) is 53.7 Å². The maximum absolute atomic E-state index is 15.3. The van der Waals surface area contributed by atoms with Gasteiger partial charge in [0.1, 0.15) is 18.7 Å². The fourth-order valence-corrected chi connectivity index (χ4v) is 3.93. The fraction of sp³-hybridized carbons (Fsp3) is 0.478. The molecule has 0 radical (unpaired) electrons. The second-order valence-electron chi connectivity index (χ2n) is 8.77. The molecule has 1 fully saturated rings. The van der Waals surface area contributed by atoms with Crippen molar-refractivity contribution >= 4 is 20.1 Å². The summed E-state index contributed by atoms with van der Waals surface area (Å²) in [6.45, 7) is 9.59. The molecule has 9 nitrogen and oxygen atoms in total. The predicted octanol–water partition coefficient (Wildman–Crippen LogP) is 1.73. The molecule has 4 atom stereocenters. The van der Waals surface area contributed by atoms with Gasteiger partial charge >= 0.3 is 11.7 Å². The zero-order chi connectivity index (χ0) is 25.6. The molecule has 186 valence electrons. The summed E-state index contributed by atoms with van der Waals surface area (Å²) in [5, 5.41) is 9.65. The van der Waals surface area contributed by atoms with Crippen molar-refractivity contribution in [3.63, 3.8) is 0 Å². The van der Waals surface area contributed by atoms with E-state index in [9.17, 15) is 19.5 Å². The molecule has 3 heterocycles. The van der Waals surface area contributed by atoms with E-state index in [4.69, 9.17) is 9.47 Å². The average Bonchev–Trinajstić information content (AvgIpc) is 3.09. The van der Waals surface area contributed by atoms with E-state index in [1.165, 1.54) is 18.5 Å². The van der Waals surface area contributed by atoms with Gasteiger partial charge in [-0.3, -0.25) is 14.3 Å². The van der Waals surface area contributed by atoms with E-state index >= 15 is 4.39 Å². The lowest BCUT2D eigenvalue weighted by atomic mass is 10.1. The smallest absolute Gasteiger partial charge is 0.344 e. The van der Waals surface area contributed by atoms with Crippen LogP contribution in [0.3, 0.4) is 0 Å². The number of carbonyl (C=O) groups is 1.